The largest absolute Gasteiger partial charge is 0.322 e. The van der Waals surface area contributed by atoms with Crippen LogP contribution in [0.5, 0.6) is 0 Å². The summed E-state index contributed by atoms with van der Waals surface area (Å²) in [4.78, 5) is 42.3. The van der Waals surface area contributed by atoms with Crippen molar-refractivity contribution in [3.63, 3.8) is 0 Å². The summed E-state index contributed by atoms with van der Waals surface area (Å²) in [5.74, 6) is 3.48. The first kappa shape index (κ1) is 26.4. The highest BCUT2D eigenvalue weighted by Gasteiger charge is 2.51. The maximum absolute atomic E-state index is 13.0. The van der Waals surface area contributed by atoms with Crippen molar-refractivity contribution in [3.05, 3.63) is 29.3 Å². The quantitative estimate of drug-likeness (QED) is 0.237. The zero-order valence-corrected chi connectivity index (χ0v) is 23.7. The van der Waals surface area contributed by atoms with E-state index in [-0.39, 0.29) is 24.1 Å². The lowest BCUT2D eigenvalue weighted by atomic mass is 9.49. The van der Waals surface area contributed by atoms with Gasteiger partial charge in [0.15, 0.2) is 0 Å². The van der Waals surface area contributed by atoms with Crippen molar-refractivity contribution in [2.24, 2.45) is 23.2 Å². The fourth-order valence-corrected chi connectivity index (χ4v) is 9.94. The van der Waals surface area contributed by atoms with E-state index in [4.69, 9.17) is 0 Å². The Kier molecular flexibility index (Phi) is 7.60. The molecule has 4 saturated carbocycles. The molecule has 4 aliphatic carbocycles. The van der Waals surface area contributed by atoms with Crippen molar-refractivity contribution < 1.29 is 14.4 Å². The fraction of sp³-hybridized carbons (Fsp3) is 0.710. The Morgan fingerprint density at radius 1 is 1.00 bits per heavy atom. The number of nitrogens with zero attached hydrogens (tertiary/aromatic N) is 2. The van der Waals surface area contributed by atoms with Gasteiger partial charge in [-0.15, -0.1) is 11.8 Å². The third kappa shape index (κ3) is 5.42. The van der Waals surface area contributed by atoms with Crippen LogP contribution in [-0.4, -0.2) is 59.5 Å². The van der Waals surface area contributed by atoms with Crippen LogP contribution < -0.4 is 5.32 Å². The molecule has 1 saturated heterocycles. The third-order valence-electron chi connectivity index (χ3n) is 10.0. The van der Waals surface area contributed by atoms with E-state index in [1.165, 1.54) is 77.3 Å². The lowest BCUT2D eigenvalue weighted by Crippen LogP contribution is -2.52. The van der Waals surface area contributed by atoms with Gasteiger partial charge in [-0.1, -0.05) is 18.9 Å². The van der Waals surface area contributed by atoms with Gasteiger partial charge in [-0.25, -0.2) is 0 Å². The number of amides is 3. The summed E-state index contributed by atoms with van der Waals surface area (Å²) in [5.41, 5.74) is 2.39. The van der Waals surface area contributed by atoms with Crippen molar-refractivity contribution in [2.45, 2.75) is 94.5 Å². The molecule has 2 heterocycles. The standard InChI is InChI=1S/C31H43N3O3S/c1-33(20-31-16-21-13-22(17-31)15-23(14-21)18-31)11-4-2-3-5-12-38-27-8-6-7-24-25(27)19-34(30(24)37)26-9-10-28(35)32-29(26)36/h6-8,21-23,26H,2-5,9-20H2,1H3,(H,32,35,36). The smallest absolute Gasteiger partial charge is 0.255 e. The molecule has 6 nitrogen and oxygen atoms in total. The van der Waals surface area contributed by atoms with Gasteiger partial charge in [-0.05, 0) is 118 Å². The molecule has 2 aliphatic heterocycles. The molecular weight excluding hydrogens is 494 g/mol. The zero-order chi connectivity index (χ0) is 26.3. The highest BCUT2D eigenvalue weighted by molar-refractivity contribution is 7.99. The number of nitrogens with one attached hydrogen (secondary N) is 1. The zero-order valence-electron chi connectivity index (χ0n) is 22.9. The molecule has 6 aliphatic rings. The maximum Gasteiger partial charge on any atom is 0.255 e. The van der Waals surface area contributed by atoms with Gasteiger partial charge in [0.2, 0.25) is 11.8 Å². The Hall–Kier alpha value is -1.86. The monoisotopic (exact) mass is 537 g/mol. The topological polar surface area (TPSA) is 69.7 Å². The number of carbonyl (C=O) groups is 3. The van der Waals surface area contributed by atoms with E-state index in [0.717, 1.165) is 34.0 Å². The molecule has 1 aromatic rings. The molecule has 5 fully saturated rings. The second-order valence-corrected chi connectivity index (χ2v) is 14.2. The number of benzene rings is 1. The first-order valence-electron chi connectivity index (χ1n) is 15.0. The van der Waals surface area contributed by atoms with E-state index >= 15 is 0 Å². The average molecular weight is 538 g/mol. The minimum atomic E-state index is -0.550. The lowest BCUT2D eigenvalue weighted by molar-refractivity contribution is -0.136. The number of unbranched alkanes of at least 4 members (excludes halogenated alkanes) is 3. The van der Waals surface area contributed by atoms with Gasteiger partial charge < -0.3 is 9.80 Å². The Morgan fingerprint density at radius 3 is 2.42 bits per heavy atom. The fourth-order valence-electron chi connectivity index (χ4n) is 8.85. The first-order valence-corrected chi connectivity index (χ1v) is 16.0. The minimum absolute atomic E-state index is 0.0883. The highest BCUT2D eigenvalue weighted by Crippen LogP contribution is 2.60. The molecule has 0 spiro atoms. The number of fused-ring (bicyclic) bond motifs is 1. The van der Waals surface area contributed by atoms with E-state index in [9.17, 15) is 14.4 Å². The average Bonchev–Trinajstić information content (AvgIpc) is 3.19. The number of thioether (sulfide) groups is 1. The van der Waals surface area contributed by atoms with E-state index in [0.29, 0.717) is 23.9 Å². The van der Waals surface area contributed by atoms with Crippen molar-refractivity contribution in [1.29, 1.82) is 0 Å². The number of carbonyl (C=O) groups excluding carboxylic acids is 3. The van der Waals surface area contributed by atoms with Gasteiger partial charge in [-0.3, -0.25) is 19.7 Å². The number of piperidine rings is 1. The predicted octanol–water partition coefficient (Wildman–Crippen LogP) is 5.25. The summed E-state index contributed by atoms with van der Waals surface area (Å²) >= 11 is 1.83. The van der Waals surface area contributed by atoms with E-state index in [2.05, 4.69) is 23.3 Å². The number of rotatable bonds is 11. The summed E-state index contributed by atoms with van der Waals surface area (Å²) in [5, 5.41) is 2.39. The van der Waals surface area contributed by atoms with Gasteiger partial charge in [0, 0.05) is 30.0 Å². The number of imide groups is 1. The molecule has 0 aromatic heterocycles. The third-order valence-corrected chi connectivity index (χ3v) is 11.2. The molecule has 1 unspecified atom stereocenters. The van der Waals surface area contributed by atoms with E-state index < -0.39 is 6.04 Å². The van der Waals surface area contributed by atoms with Gasteiger partial charge in [0.25, 0.3) is 5.91 Å². The van der Waals surface area contributed by atoms with Crippen LogP contribution in [0.15, 0.2) is 23.1 Å². The van der Waals surface area contributed by atoms with Crippen molar-refractivity contribution in [3.8, 4) is 0 Å². The van der Waals surface area contributed by atoms with Crippen LogP contribution in [0.1, 0.15) is 93.0 Å². The van der Waals surface area contributed by atoms with Crippen LogP contribution in [-0.2, 0) is 16.1 Å². The molecule has 1 N–H and O–H groups in total. The lowest BCUT2D eigenvalue weighted by Gasteiger charge is -2.57. The summed E-state index contributed by atoms with van der Waals surface area (Å²) < 4.78 is 0. The van der Waals surface area contributed by atoms with Crippen molar-refractivity contribution in [1.82, 2.24) is 15.1 Å². The SMILES string of the molecule is CN(CCCCCCSc1cccc2c1CN(C1CCC(=O)NC1=O)C2=O)CC12CC3CC(CC(C3)C1)C2. The van der Waals surface area contributed by atoms with Crippen LogP contribution in [0, 0.1) is 23.2 Å². The first-order chi connectivity index (χ1) is 18.4. The Morgan fingerprint density at radius 2 is 1.71 bits per heavy atom. The van der Waals surface area contributed by atoms with Gasteiger partial charge in [-0.2, -0.15) is 0 Å². The predicted molar refractivity (Wildman–Crippen MR) is 150 cm³/mol. The van der Waals surface area contributed by atoms with Crippen molar-refractivity contribution in [2.75, 3.05) is 25.9 Å². The molecule has 38 heavy (non-hydrogen) atoms. The van der Waals surface area contributed by atoms with Crippen molar-refractivity contribution >= 4 is 29.5 Å². The highest BCUT2D eigenvalue weighted by atomic mass is 32.2. The minimum Gasteiger partial charge on any atom is -0.322 e. The maximum atomic E-state index is 13.0. The molecule has 1 aromatic carbocycles. The van der Waals surface area contributed by atoms with E-state index in [1.54, 1.807) is 4.90 Å². The number of hydrogen-bond acceptors (Lipinski definition) is 5. The second kappa shape index (κ2) is 11.0. The summed E-state index contributed by atoms with van der Waals surface area (Å²) in [7, 11) is 2.35. The summed E-state index contributed by atoms with van der Waals surface area (Å²) in [6, 6.07) is 5.37. The van der Waals surface area contributed by atoms with Gasteiger partial charge >= 0.3 is 0 Å². The Labute approximate surface area is 231 Å². The summed E-state index contributed by atoms with van der Waals surface area (Å²) in [6.45, 7) is 3.00. The molecule has 7 rings (SSSR count). The summed E-state index contributed by atoms with van der Waals surface area (Å²) in [6.07, 6.45) is 14.8. The molecule has 4 bridgehead atoms. The van der Waals surface area contributed by atoms with Crippen LogP contribution in [0.4, 0.5) is 0 Å². The molecule has 3 amide bonds. The molecule has 206 valence electrons. The van der Waals surface area contributed by atoms with Gasteiger partial charge in [0.1, 0.15) is 6.04 Å². The van der Waals surface area contributed by atoms with Crippen LogP contribution in [0.25, 0.3) is 0 Å². The Balaban J connectivity index is 0.912. The molecule has 1 atom stereocenters. The number of hydrogen-bond donors (Lipinski definition) is 1. The second-order valence-electron chi connectivity index (χ2n) is 13.1. The molecular formula is C31H43N3O3S. The Bertz CT molecular complexity index is 1050. The van der Waals surface area contributed by atoms with Gasteiger partial charge in [0.05, 0.1) is 0 Å². The van der Waals surface area contributed by atoms with Crippen LogP contribution in [0.2, 0.25) is 0 Å². The normalized spacial score (nSPS) is 31.8. The molecule has 0 radical (unpaired) electrons. The van der Waals surface area contributed by atoms with Crippen LogP contribution in [0.3, 0.4) is 0 Å². The van der Waals surface area contributed by atoms with Crippen LogP contribution >= 0.6 is 11.8 Å². The van der Waals surface area contributed by atoms with E-state index in [1.807, 2.05) is 23.9 Å². The molecule has 7 heteroatoms.